The summed E-state index contributed by atoms with van der Waals surface area (Å²) in [7, 11) is 0. The van der Waals surface area contributed by atoms with Gasteiger partial charge >= 0.3 is 0 Å². The molecule has 0 radical (unpaired) electrons. The molecule has 4 heterocycles. The molecule has 0 bridgehead atoms. The van der Waals surface area contributed by atoms with Crippen molar-refractivity contribution in [1.29, 1.82) is 0 Å². The van der Waals surface area contributed by atoms with Crippen LogP contribution in [0.15, 0.2) is 205 Å². The second-order valence-corrected chi connectivity index (χ2v) is 15.0. The average Bonchev–Trinajstić information content (AvgIpc) is 3.88. The number of furan rings is 1. The molecule has 0 amide bonds. The molecule has 8 aromatic carbocycles. The fourth-order valence-corrected chi connectivity index (χ4v) is 8.57. The lowest BCUT2D eigenvalue weighted by Crippen LogP contribution is -2.00. The Kier molecular flexibility index (Phi) is 7.74. The molecule has 280 valence electrons. The molecule has 6 nitrogen and oxygen atoms in total. The highest BCUT2D eigenvalue weighted by molar-refractivity contribution is 6.19. The Labute approximate surface area is 344 Å². The van der Waals surface area contributed by atoms with Crippen LogP contribution in [0.1, 0.15) is 0 Å². The number of hydrogen-bond donors (Lipinski definition) is 0. The van der Waals surface area contributed by atoms with Gasteiger partial charge in [-0.3, -0.25) is 0 Å². The highest BCUT2D eigenvalue weighted by Crippen LogP contribution is 2.41. The van der Waals surface area contributed by atoms with E-state index >= 15 is 0 Å². The van der Waals surface area contributed by atoms with E-state index in [2.05, 4.69) is 150 Å². The second kappa shape index (κ2) is 13.7. The predicted octanol–water partition coefficient (Wildman–Crippen LogP) is 13.8. The van der Waals surface area contributed by atoms with E-state index in [0.717, 1.165) is 77.6 Å². The minimum Gasteiger partial charge on any atom is -0.455 e. The average molecular weight is 768 g/mol. The molecule has 4 aromatic heterocycles. The van der Waals surface area contributed by atoms with Crippen LogP contribution in [0, 0.1) is 0 Å². The van der Waals surface area contributed by atoms with Gasteiger partial charge in [0.1, 0.15) is 11.2 Å². The van der Waals surface area contributed by atoms with Crippen molar-refractivity contribution in [2.45, 2.75) is 0 Å². The molecule has 0 spiro atoms. The molecule has 0 unspecified atom stereocenters. The van der Waals surface area contributed by atoms with Crippen LogP contribution in [0.2, 0.25) is 0 Å². The van der Waals surface area contributed by atoms with Gasteiger partial charge in [-0.2, -0.15) is 0 Å². The topological polar surface area (TPSA) is 69.6 Å². The van der Waals surface area contributed by atoms with E-state index in [1.54, 1.807) is 0 Å². The zero-order valence-corrected chi connectivity index (χ0v) is 32.2. The van der Waals surface area contributed by atoms with Crippen LogP contribution in [0.3, 0.4) is 0 Å². The number of benzene rings is 8. The van der Waals surface area contributed by atoms with Gasteiger partial charge in [0.2, 0.25) is 0 Å². The number of nitrogens with zero attached hydrogens (tertiary/aromatic N) is 5. The number of fused-ring (bicyclic) bond motifs is 8. The number of hydrogen-bond acceptors (Lipinski definition) is 5. The first-order chi connectivity index (χ1) is 29.7. The minimum atomic E-state index is 0.592. The second-order valence-electron chi connectivity index (χ2n) is 15.0. The fraction of sp³-hybridized carbons (Fsp3) is 0. The Hall–Kier alpha value is -8.22. The van der Waals surface area contributed by atoms with Crippen molar-refractivity contribution in [2.75, 3.05) is 0 Å². The Morgan fingerprint density at radius 1 is 0.350 bits per heavy atom. The van der Waals surface area contributed by atoms with Gasteiger partial charge in [0.25, 0.3) is 0 Å². The largest absolute Gasteiger partial charge is 0.455 e. The Balaban J connectivity index is 0.968. The van der Waals surface area contributed by atoms with E-state index in [-0.39, 0.29) is 0 Å². The van der Waals surface area contributed by atoms with E-state index < -0.39 is 0 Å². The summed E-state index contributed by atoms with van der Waals surface area (Å²) in [5.41, 5.74) is 12.7. The van der Waals surface area contributed by atoms with Gasteiger partial charge in [-0.05, 0) is 65.7 Å². The Bertz CT molecular complexity index is 3520. The third-order valence-corrected chi connectivity index (χ3v) is 11.5. The zero-order valence-electron chi connectivity index (χ0n) is 32.2. The summed E-state index contributed by atoms with van der Waals surface area (Å²) in [6.07, 6.45) is 0. The fourth-order valence-electron chi connectivity index (χ4n) is 8.57. The van der Waals surface area contributed by atoms with Crippen molar-refractivity contribution in [3.8, 4) is 62.2 Å². The summed E-state index contributed by atoms with van der Waals surface area (Å²) in [5.74, 6) is 1.81. The van der Waals surface area contributed by atoms with Crippen LogP contribution in [-0.2, 0) is 0 Å². The zero-order chi connectivity index (χ0) is 39.6. The molecule has 0 aliphatic rings. The van der Waals surface area contributed by atoms with Gasteiger partial charge in [0.05, 0.1) is 27.6 Å². The number of pyridine rings is 1. The van der Waals surface area contributed by atoms with Gasteiger partial charge in [0.15, 0.2) is 17.5 Å². The SMILES string of the molecule is c1ccc(-c2ccc3c(c2)nc(-c2ccc(-c4nc(-c5ccccc5)nc(-c5ccc(-n6c7ccccc7c7ccccc76)cc5)n4)cc2)c2c4ccccc4oc32)cc1. The molecule has 0 fully saturated rings. The maximum atomic E-state index is 6.57. The van der Waals surface area contributed by atoms with Gasteiger partial charge in [-0.25, -0.2) is 19.9 Å². The summed E-state index contributed by atoms with van der Waals surface area (Å²) in [4.78, 5) is 20.5. The van der Waals surface area contributed by atoms with Crippen molar-refractivity contribution >= 4 is 54.6 Å². The van der Waals surface area contributed by atoms with E-state index in [1.807, 2.05) is 54.6 Å². The quantitative estimate of drug-likeness (QED) is 0.168. The van der Waals surface area contributed by atoms with Crippen molar-refractivity contribution in [1.82, 2.24) is 24.5 Å². The molecular weight excluding hydrogens is 735 g/mol. The number of rotatable bonds is 6. The highest BCUT2D eigenvalue weighted by atomic mass is 16.3. The molecule has 0 saturated heterocycles. The summed E-state index contributed by atoms with van der Waals surface area (Å²) in [6.45, 7) is 0. The smallest absolute Gasteiger partial charge is 0.164 e. The molecule has 6 heteroatoms. The first kappa shape index (κ1) is 33.9. The van der Waals surface area contributed by atoms with Crippen LogP contribution < -0.4 is 0 Å². The van der Waals surface area contributed by atoms with Gasteiger partial charge in [0, 0.05) is 49.5 Å². The summed E-state index contributed by atoms with van der Waals surface area (Å²) in [5, 5.41) is 5.47. The van der Waals surface area contributed by atoms with E-state index in [1.165, 1.54) is 21.8 Å². The molecule has 0 atom stereocenters. The Morgan fingerprint density at radius 2 is 0.833 bits per heavy atom. The van der Waals surface area contributed by atoms with Crippen LogP contribution in [0.25, 0.3) is 117 Å². The number of para-hydroxylation sites is 3. The maximum Gasteiger partial charge on any atom is 0.164 e. The first-order valence-corrected chi connectivity index (χ1v) is 20.1. The third-order valence-electron chi connectivity index (χ3n) is 11.5. The van der Waals surface area contributed by atoms with Gasteiger partial charge in [-0.15, -0.1) is 0 Å². The molecule has 0 aliphatic carbocycles. The molecular formula is C54H33N5O. The summed E-state index contributed by atoms with van der Waals surface area (Å²) in [6, 6.07) is 69.1. The lowest BCUT2D eigenvalue weighted by atomic mass is 9.99. The van der Waals surface area contributed by atoms with E-state index in [9.17, 15) is 0 Å². The lowest BCUT2D eigenvalue weighted by Gasteiger charge is -2.11. The third kappa shape index (κ3) is 5.57. The maximum absolute atomic E-state index is 6.57. The summed E-state index contributed by atoms with van der Waals surface area (Å²) >= 11 is 0. The molecule has 0 N–H and O–H groups in total. The standard InChI is InChI=1S/C54H33N5O/c1-3-13-34(14-4-1)39-29-32-43-45(33-39)55-50(49-44-19-9-12-22-48(44)60-51(43)49)35-23-25-37(26-24-35)53-56-52(36-15-5-2-6-16-36)57-54(58-53)38-27-30-40(31-28-38)59-46-20-10-7-17-41(46)42-18-8-11-21-47(42)59/h1-33H. The molecule has 60 heavy (non-hydrogen) atoms. The minimum absolute atomic E-state index is 0.592. The first-order valence-electron chi connectivity index (χ1n) is 20.1. The van der Waals surface area contributed by atoms with Crippen molar-refractivity contribution in [3.05, 3.63) is 200 Å². The monoisotopic (exact) mass is 767 g/mol. The van der Waals surface area contributed by atoms with Gasteiger partial charge < -0.3 is 8.98 Å². The summed E-state index contributed by atoms with van der Waals surface area (Å²) < 4.78 is 8.89. The molecule has 12 aromatic rings. The molecule has 0 aliphatic heterocycles. The van der Waals surface area contributed by atoms with Crippen LogP contribution in [0.5, 0.6) is 0 Å². The van der Waals surface area contributed by atoms with E-state index in [0.29, 0.717) is 17.5 Å². The Morgan fingerprint density at radius 3 is 1.47 bits per heavy atom. The number of aromatic nitrogens is 5. The highest BCUT2D eigenvalue weighted by Gasteiger charge is 2.20. The van der Waals surface area contributed by atoms with Crippen molar-refractivity contribution < 1.29 is 4.42 Å². The van der Waals surface area contributed by atoms with Crippen LogP contribution in [0.4, 0.5) is 0 Å². The molecule has 12 rings (SSSR count). The predicted molar refractivity (Wildman–Crippen MR) is 244 cm³/mol. The van der Waals surface area contributed by atoms with Crippen LogP contribution >= 0.6 is 0 Å². The lowest BCUT2D eigenvalue weighted by molar-refractivity contribution is 0.672. The molecule has 0 saturated carbocycles. The van der Waals surface area contributed by atoms with Gasteiger partial charge in [-0.1, -0.05) is 146 Å². The van der Waals surface area contributed by atoms with Crippen molar-refractivity contribution in [3.63, 3.8) is 0 Å². The van der Waals surface area contributed by atoms with Crippen LogP contribution in [-0.4, -0.2) is 24.5 Å². The van der Waals surface area contributed by atoms with Crippen molar-refractivity contribution in [2.24, 2.45) is 0 Å². The normalized spacial score (nSPS) is 11.7. The van der Waals surface area contributed by atoms with E-state index in [4.69, 9.17) is 24.4 Å².